The summed E-state index contributed by atoms with van der Waals surface area (Å²) in [7, 11) is 0. The van der Waals surface area contributed by atoms with Crippen LogP contribution >= 0.6 is 11.6 Å². The number of pyridine rings is 1. The number of fused-ring (bicyclic) bond motifs is 1. The maximum atomic E-state index is 13.2. The third kappa shape index (κ3) is 2.83. The van der Waals surface area contributed by atoms with Crippen molar-refractivity contribution in [2.75, 3.05) is 16.3 Å². The Morgan fingerprint density at radius 1 is 1.15 bits per heavy atom. The third-order valence-electron chi connectivity index (χ3n) is 4.50. The largest absolute Gasteiger partial charge is 0.330 e. The number of carbonyl (C=O) groups is 1. The molecule has 6 nitrogen and oxygen atoms in total. The first kappa shape index (κ1) is 16.8. The van der Waals surface area contributed by atoms with Gasteiger partial charge in [-0.05, 0) is 30.3 Å². The van der Waals surface area contributed by atoms with Crippen molar-refractivity contribution >= 4 is 39.8 Å². The monoisotopic (exact) mass is 373 g/mol. The molecule has 0 radical (unpaired) electrons. The van der Waals surface area contributed by atoms with Crippen molar-refractivity contribution in [2.45, 2.75) is 6.04 Å². The molecule has 7 heteroatoms. The number of nitrogens with zero attached hydrogens (tertiary/aromatic N) is 5. The predicted octanol–water partition coefficient (Wildman–Crippen LogP) is 4.10. The van der Waals surface area contributed by atoms with E-state index < -0.39 is 6.04 Å². The third-order valence-corrected chi connectivity index (χ3v) is 4.74. The van der Waals surface area contributed by atoms with Crippen LogP contribution in [-0.2, 0) is 0 Å². The molecule has 1 aliphatic heterocycles. The highest BCUT2D eigenvalue weighted by molar-refractivity contribution is 6.31. The molecule has 1 aromatic heterocycles. The zero-order valence-electron chi connectivity index (χ0n) is 14.0. The van der Waals surface area contributed by atoms with Crippen molar-refractivity contribution in [2.24, 2.45) is 0 Å². The summed E-state index contributed by atoms with van der Waals surface area (Å²) < 4.78 is 0. The Kier molecular flexibility index (Phi) is 4.12. The first-order valence-corrected chi connectivity index (χ1v) is 8.54. The summed E-state index contributed by atoms with van der Waals surface area (Å²) in [6, 6.07) is 15.4. The van der Waals surface area contributed by atoms with Gasteiger partial charge in [0.2, 0.25) is 0 Å². The maximum absolute atomic E-state index is 13.2. The van der Waals surface area contributed by atoms with Gasteiger partial charge in [-0.25, -0.2) is 4.79 Å². The average Bonchev–Trinajstić information content (AvgIpc) is 3.03. The van der Waals surface area contributed by atoms with Gasteiger partial charge in [0.05, 0.1) is 36.1 Å². The number of amides is 2. The van der Waals surface area contributed by atoms with Gasteiger partial charge in [-0.15, -0.1) is 0 Å². The molecule has 1 aliphatic rings. The van der Waals surface area contributed by atoms with E-state index in [9.17, 15) is 15.3 Å². The zero-order chi connectivity index (χ0) is 19.0. The van der Waals surface area contributed by atoms with E-state index in [0.29, 0.717) is 27.3 Å². The van der Waals surface area contributed by atoms with Crippen molar-refractivity contribution < 1.29 is 4.79 Å². The quantitative estimate of drug-likeness (QED) is 0.677. The molecule has 2 aromatic carbocycles. The summed E-state index contributed by atoms with van der Waals surface area (Å²) in [5.74, 6) is 0. The van der Waals surface area contributed by atoms with Crippen LogP contribution in [0, 0.1) is 22.7 Å². The summed E-state index contributed by atoms with van der Waals surface area (Å²) in [5, 5.41) is 20.8. The first-order valence-electron chi connectivity index (χ1n) is 8.16. The minimum atomic E-state index is -0.686. The molecule has 130 valence electrons. The SMILES string of the molecule is N#Cc1ccc2cncc(N3C(=O)N(c4cccc(Cl)c4)C[C@H]3C#N)c2c1. The summed E-state index contributed by atoms with van der Waals surface area (Å²) in [5.41, 5.74) is 1.61. The fraction of sp³-hybridized carbons (Fsp3) is 0.100. The predicted molar refractivity (Wildman–Crippen MR) is 103 cm³/mol. The molecule has 27 heavy (non-hydrogen) atoms. The number of nitriles is 2. The molecule has 0 saturated carbocycles. The molecule has 0 aliphatic carbocycles. The molecule has 2 amide bonds. The van der Waals surface area contributed by atoms with Crippen LogP contribution in [0.4, 0.5) is 16.2 Å². The van der Waals surface area contributed by atoms with Crippen LogP contribution in [0.2, 0.25) is 5.02 Å². The smallest absolute Gasteiger partial charge is 0.291 e. The van der Waals surface area contributed by atoms with Crippen molar-refractivity contribution in [3.05, 3.63) is 65.4 Å². The van der Waals surface area contributed by atoms with E-state index >= 15 is 0 Å². The van der Waals surface area contributed by atoms with E-state index in [0.717, 1.165) is 5.39 Å². The van der Waals surface area contributed by atoms with E-state index in [-0.39, 0.29) is 12.6 Å². The number of hydrogen-bond acceptors (Lipinski definition) is 4. The molecule has 2 heterocycles. The normalized spacial score (nSPS) is 16.4. The lowest BCUT2D eigenvalue weighted by Gasteiger charge is -2.21. The number of anilines is 2. The highest BCUT2D eigenvalue weighted by Gasteiger charge is 2.40. The van der Waals surface area contributed by atoms with Crippen LogP contribution in [0.1, 0.15) is 5.56 Å². The number of rotatable bonds is 2. The second-order valence-electron chi connectivity index (χ2n) is 6.09. The maximum Gasteiger partial charge on any atom is 0.330 e. The highest BCUT2D eigenvalue weighted by atomic mass is 35.5. The summed E-state index contributed by atoms with van der Waals surface area (Å²) in [4.78, 5) is 20.3. The number of urea groups is 1. The van der Waals surface area contributed by atoms with E-state index in [1.807, 2.05) is 0 Å². The Labute approximate surface area is 160 Å². The summed E-state index contributed by atoms with van der Waals surface area (Å²) >= 11 is 6.05. The molecule has 1 fully saturated rings. The molecule has 0 bridgehead atoms. The van der Waals surface area contributed by atoms with E-state index in [4.69, 9.17) is 11.6 Å². The van der Waals surface area contributed by atoms with Crippen LogP contribution in [-0.4, -0.2) is 23.6 Å². The molecular formula is C20H12ClN5O. The van der Waals surface area contributed by atoms with Crippen molar-refractivity contribution in [3.8, 4) is 12.1 Å². The van der Waals surface area contributed by atoms with E-state index in [1.54, 1.807) is 54.9 Å². The average molecular weight is 374 g/mol. The van der Waals surface area contributed by atoms with Gasteiger partial charge in [0, 0.05) is 27.7 Å². The lowest BCUT2D eigenvalue weighted by atomic mass is 10.1. The second kappa shape index (κ2) is 6.60. The second-order valence-corrected chi connectivity index (χ2v) is 6.53. The van der Waals surface area contributed by atoms with Gasteiger partial charge in [0.15, 0.2) is 0 Å². The molecule has 1 atom stereocenters. The number of aromatic nitrogens is 1. The topological polar surface area (TPSA) is 84.0 Å². The van der Waals surface area contributed by atoms with Crippen LogP contribution in [0.15, 0.2) is 54.9 Å². The fourth-order valence-electron chi connectivity index (χ4n) is 3.24. The van der Waals surface area contributed by atoms with Gasteiger partial charge >= 0.3 is 6.03 Å². The minimum Gasteiger partial charge on any atom is -0.291 e. The van der Waals surface area contributed by atoms with E-state index in [1.165, 1.54) is 9.80 Å². The first-order chi connectivity index (χ1) is 13.1. The Balaban J connectivity index is 1.84. The van der Waals surface area contributed by atoms with E-state index in [2.05, 4.69) is 17.1 Å². The van der Waals surface area contributed by atoms with Gasteiger partial charge in [-0.2, -0.15) is 10.5 Å². The van der Waals surface area contributed by atoms with Gasteiger partial charge < -0.3 is 0 Å². The van der Waals surface area contributed by atoms with Crippen molar-refractivity contribution in [1.82, 2.24) is 4.98 Å². The Hall–Kier alpha value is -3.61. The van der Waals surface area contributed by atoms with Crippen molar-refractivity contribution in [1.29, 1.82) is 10.5 Å². The molecule has 0 N–H and O–H groups in total. The standard InChI is InChI=1S/C20H12ClN5O/c21-15-2-1-3-16(7-15)25-12-17(9-23)26(20(25)27)19-11-24-10-14-5-4-13(8-22)6-18(14)19/h1-7,10-11,17H,12H2/t17-/m1/s1. The zero-order valence-corrected chi connectivity index (χ0v) is 14.8. The lowest BCUT2D eigenvalue weighted by molar-refractivity contribution is 0.255. The van der Waals surface area contributed by atoms with Gasteiger partial charge in [0.25, 0.3) is 0 Å². The molecule has 1 saturated heterocycles. The molecule has 0 unspecified atom stereocenters. The van der Waals surface area contributed by atoms with Gasteiger partial charge in [0.1, 0.15) is 6.04 Å². The van der Waals surface area contributed by atoms with Gasteiger partial charge in [-0.1, -0.05) is 23.7 Å². The van der Waals surface area contributed by atoms with Gasteiger partial charge in [-0.3, -0.25) is 14.8 Å². The van der Waals surface area contributed by atoms with Crippen LogP contribution in [0.25, 0.3) is 10.8 Å². The van der Waals surface area contributed by atoms with Crippen LogP contribution < -0.4 is 9.80 Å². The summed E-state index contributed by atoms with van der Waals surface area (Å²) in [6.45, 7) is 0.212. The minimum absolute atomic E-state index is 0.212. The van der Waals surface area contributed by atoms with Crippen LogP contribution in [0.5, 0.6) is 0 Å². The molecule has 4 rings (SSSR count). The number of hydrogen-bond donors (Lipinski definition) is 0. The highest BCUT2D eigenvalue weighted by Crippen LogP contribution is 2.34. The Bertz CT molecular complexity index is 1150. The number of halogens is 1. The van der Waals surface area contributed by atoms with Crippen molar-refractivity contribution in [3.63, 3.8) is 0 Å². The molecular weight excluding hydrogens is 362 g/mol. The molecule has 0 spiro atoms. The molecule has 3 aromatic rings. The fourth-order valence-corrected chi connectivity index (χ4v) is 3.42. The Morgan fingerprint density at radius 3 is 2.74 bits per heavy atom. The lowest BCUT2D eigenvalue weighted by Crippen LogP contribution is -2.34. The van der Waals surface area contributed by atoms with Crippen LogP contribution in [0.3, 0.4) is 0 Å². The number of carbonyl (C=O) groups excluding carboxylic acids is 1. The summed E-state index contributed by atoms with van der Waals surface area (Å²) in [6.07, 6.45) is 3.21. The number of benzene rings is 2. The Morgan fingerprint density at radius 2 is 2.00 bits per heavy atom.